The van der Waals surface area contributed by atoms with Crippen molar-refractivity contribution in [3.8, 4) is 0 Å². The predicted molar refractivity (Wildman–Crippen MR) is 78.2 cm³/mol. The maximum Gasteiger partial charge on any atom is 0.164 e. The Kier molecular flexibility index (Phi) is 3.11. The van der Waals surface area contributed by atoms with Crippen molar-refractivity contribution >= 4 is 22.3 Å². The number of rotatable bonds is 4. The number of aromatic nitrogens is 1. The van der Waals surface area contributed by atoms with Crippen LogP contribution in [0.5, 0.6) is 0 Å². The monoisotopic (exact) mass is 272 g/mol. The molecule has 0 amide bonds. The second kappa shape index (κ2) is 4.78. The number of ketones is 1. The number of nitrogens with one attached hydrogen (secondary N) is 1. The van der Waals surface area contributed by atoms with Gasteiger partial charge in [0.15, 0.2) is 5.78 Å². The first kappa shape index (κ1) is 12.4. The maximum atomic E-state index is 11.6. The van der Waals surface area contributed by atoms with Crippen LogP contribution in [0.1, 0.15) is 40.0 Å². The van der Waals surface area contributed by atoms with Gasteiger partial charge in [-0.25, -0.2) is 0 Å². The predicted octanol–water partition coefficient (Wildman–Crippen LogP) is 3.41. The van der Waals surface area contributed by atoms with Gasteiger partial charge in [0.25, 0.3) is 0 Å². The normalized spacial score (nSPS) is 16.6. The number of carbonyl (C=O) groups excluding carboxylic acids is 1. The Balaban J connectivity index is 1.70. The molecule has 0 radical (unpaired) electrons. The summed E-state index contributed by atoms with van der Waals surface area (Å²) in [7, 11) is 0. The fourth-order valence-corrected chi connectivity index (χ4v) is 3.52. The van der Waals surface area contributed by atoms with Crippen LogP contribution >= 0.6 is 11.5 Å². The van der Waals surface area contributed by atoms with Crippen molar-refractivity contribution in [2.45, 2.75) is 26.2 Å². The van der Waals surface area contributed by atoms with E-state index < -0.39 is 0 Å². The molecule has 1 aromatic carbocycles. The van der Waals surface area contributed by atoms with E-state index in [1.54, 1.807) is 6.92 Å². The lowest BCUT2D eigenvalue weighted by molar-refractivity contribution is 0.101. The quantitative estimate of drug-likeness (QED) is 0.867. The topological polar surface area (TPSA) is 42.0 Å². The van der Waals surface area contributed by atoms with E-state index in [1.807, 2.05) is 6.92 Å². The van der Waals surface area contributed by atoms with Gasteiger partial charge in [-0.1, -0.05) is 24.3 Å². The van der Waals surface area contributed by atoms with Gasteiger partial charge in [0.2, 0.25) is 0 Å². The first-order chi connectivity index (χ1) is 9.16. The molecule has 0 saturated heterocycles. The van der Waals surface area contributed by atoms with Crippen molar-refractivity contribution in [3.05, 3.63) is 46.6 Å². The molecule has 1 N–H and O–H groups in total. The number of aryl methyl sites for hydroxylation is 1. The van der Waals surface area contributed by atoms with Gasteiger partial charge >= 0.3 is 0 Å². The van der Waals surface area contributed by atoms with Crippen molar-refractivity contribution in [2.75, 3.05) is 11.9 Å². The van der Waals surface area contributed by atoms with Gasteiger partial charge in [0.1, 0.15) is 5.00 Å². The lowest BCUT2D eigenvalue weighted by atomic mass is 9.77. The van der Waals surface area contributed by atoms with Gasteiger partial charge in [-0.15, -0.1) is 0 Å². The summed E-state index contributed by atoms with van der Waals surface area (Å²) < 4.78 is 4.26. The second-order valence-electron chi connectivity index (χ2n) is 5.01. The third-order valence-corrected chi connectivity index (χ3v) is 4.58. The standard InChI is InChI=1S/C15H16N2OS/c1-9-14(10(2)18)15(19-17-9)16-8-12-7-11-5-3-4-6-13(11)12/h3-6,12,16H,7-8H2,1-2H3. The van der Waals surface area contributed by atoms with E-state index in [0.717, 1.165) is 29.2 Å². The van der Waals surface area contributed by atoms with Crippen molar-refractivity contribution in [2.24, 2.45) is 0 Å². The minimum Gasteiger partial charge on any atom is -0.374 e. The molecule has 0 spiro atoms. The van der Waals surface area contributed by atoms with Crippen LogP contribution in [-0.4, -0.2) is 16.7 Å². The highest BCUT2D eigenvalue weighted by molar-refractivity contribution is 7.10. The molecule has 1 unspecified atom stereocenters. The number of carbonyl (C=O) groups is 1. The third kappa shape index (κ3) is 2.16. The molecule has 1 aliphatic carbocycles. The molecular formula is C15H16N2OS. The number of benzene rings is 1. The van der Waals surface area contributed by atoms with Gasteiger partial charge in [-0.3, -0.25) is 4.79 Å². The minimum absolute atomic E-state index is 0.0859. The van der Waals surface area contributed by atoms with Crippen molar-refractivity contribution in [1.82, 2.24) is 4.37 Å². The van der Waals surface area contributed by atoms with Crippen LogP contribution in [0.25, 0.3) is 0 Å². The first-order valence-electron chi connectivity index (χ1n) is 6.45. The summed E-state index contributed by atoms with van der Waals surface area (Å²) in [5, 5.41) is 4.30. The molecule has 1 aliphatic rings. The number of anilines is 1. The minimum atomic E-state index is 0.0859. The second-order valence-corrected chi connectivity index (χ2v) is 5.78. The van der Waals surface area contributed by atoms with Crippen LogP contribution in [-0.2, 0) is 6.42 Å². The lowest BCUT2D eigenvalue weighted by Gasteiger charge is -2.30. The highest BCUT2D eigenvalue weighted by atomic mass is 32.1. The SMILES string of the molecule is CC(=O)c1c(C)nsc1NCC1Cc2ccccc21. The van der Waals surface area contributed by atoms with Gasteiger partial charge < -0.3 is 5.32 Å². The fourth-order valence-electron chi connectivity index (χ4n) is 2.67. The Labute approximate surface area is 116 Å². The zero-order chi connectivity index (χ0) is 13.4. The van der Waals surface area contributed by atoms with Gasteiger partial charge in [-0.2, -0.15) is 4.37 Å². The fraction of sp³-hybridized carbons (Fsp3) is 0.333. The van der Waals surface area contributed by atoms with E-state index >= 15 is 0 Å². The zero-order valence-electron chi connectivity index (χ0n) is 11.1. The van der Waals surface area contributed by atoms with Crippen LogP contribution in [0, 0.1) is 6.92 Å². The molecular weight excluding hydrogens is 256 g/mol. The van der Waals surface area contributed by atoms with Gasteiger partial charge in [0, 0.05) is 12.5 Å². The Morgan fingerprint density at radius 3 is 3.00 bits per heavy atom. The molecule has 3 nitrogen and oxygen atoms in total. The smallest absolute Gasteiger partial charge is 0.164 e. The van der Waals surface area contributed by atoms with Crippen molar-refractivity contribution in [3.63, 3.8) is 0 Å². The number of nitrogens with zero attached hydrogens (tertiary/aromatic N) is 1. The number of hydrogen-bond acceptors (Lipinski definition) is 4. The largest absolute Gasteiger partial charge is 0.374 e. The van der Waals surface area contributed by atoms with E-state index in [0.29, 0.717) is 5.92 Å². The zero-order valence-corrected chi connectivity index (χ0v) is 11.9. The summed E-state index contributed by atoms with van der Waals surface area (Å²) >= 11 is 1.38. The van der Waals surface area contributed by atoms with E-state index in [4.69, 9.17) is 0 Å². The molecule has 0 aliphatic heterocycles. The van der Waals surface area contributed by atoms with Crippen LogP contribution in [0.4, 0.5) is 5.00 Å². The highest BCUT2D eigenvalue weighted by Crippen LogP contribution is 2.35. The number of hydrogen-bond donors (Lipinski definition) is 1. The molecule has 3 rings (SSSR count). The van der Waals surface area contributed by atoms with Crippen molar-refractivity contribution < 1.29 is 4.79 Å². The van der Waals surface area contributed by atoms with E-state index in [2.05, 4.69) is 34.0 Å². The molecule has 19 heavy (non-hydrogen) atoms. The molecule has 0 fully saturated rings. The van der Waals surface area contributed by atoms with Crippen molar-refractivity contribution in [1.29, 1.82) is 0 Å². The van der Waals surface area contributed by atoms with E-state index in [-0.39, 0.29) is 5.78 Å². The van der Waals surface area contributed by atoms with Crippen LogP contribution < -0.4 is 5.32 Å². The average molecular weight is 272 g/mol. The molecule has 1 heterocycles. The average Bonchev–Trinajstić information content (AvgIpc) is 2.72. The molecule has 98 valence electrons. The summed E-state index contributed by atoms with van der Waals surface area (Å²) in [5.74, 6) is 0.640. The Hall–Kier alpha value is -1.68. The summed E-state index contributed by atoms with van der Waals surface area (Å²) in [4.78, 5) is 11.6. The molecule has 1 atom stereocenters. The summed E-state index contributed by atoms with van der Waals surface area (Å²) in [5.41, 5.74) is 4.45. The molecule has 0 bridgehead atoms. The first-order valence-corrected chi connectivity index (χ1v) is 7.23. The van der Waals surface area contributed by atoms with Gasteiger partial charge in [-0.05, 0) is 42.9 Å². The van der Waals surface area contributed by atoms with E-state index in [1.165, 1.54) is 22.7 Å². The Morgan fingerprint density at radius 2 is 2.26 bits per heavy atom. The number of Topliss-reactive ketones (excluding diaryl/α,β-unsaturated/α-hetero) is 1. The molecule has 1 aromatic heterocycles. The van der Waals surface area contributed by atoms with Crippen LogP contribution in [0.3, 0.4) is 0 Å². The van der Waals surface area contributed by atoms with Crippen LogP contribution in [0.2, 0.25) is 0 Å². The lowest BCUT2D eigenvalue weighted by Crippen LogP contribution is -2.24. The maximum absolute atomic E-state index is 11.6. The summed E-state index contributed by atoms with van der Waals surface area (Å²) in [6.07, 6.45) is 1.12. The van der Waals surface area contributed by atoms with Gasteiger partial charge in [0.05, 0.1) is 11.3 Å². The van der Waals surface area contributed by atoms with Crippen LogP contribution in [0.15, 0.2) is 24.3 Å². The summed E-state index contributed by atoms with van der Waals surface area (Å²) in [6.45, 7) is 4.36. The molecule has 2 aromatic rings. The van der Waals surface area contributed by atoms with E-state index in [9.17, 15) is 4.79 Å². The molecule has 4 heteroatoms. The Morgan fingerprint density at radius 1 is 1.47 bits per heavy atom. The molecule has 0 saturated carbocycles. The third-order valence-electron chi connectivity index (χ3n) is 3.69. The number of fused-ring (bicyclic) bond motifs is 1. The Bertz CT molecular complexity index is 633. The summed E-state index contributed by atoms with van der Waals surface area (Å²) in [6, 6.07) is 8.55. The highest BCUT2D eigenvalue weighted by Gasteiger charge is 2.25.